The molecule has 1 aliphatic heterocycles. The number of nitrogens with zero attached hydrogens (tertiary/aromatic N) is 2. The van der Waals surface area contributed by atoms with Crippen LogP contribution in [0.2, 0.25) is 0 Å². The van der Waals surface area contributed by atoms with Crippen molar-refractivity contribution >= 4 is 33.6 Å². The Balaban J connectivity index is 2.04. The Hall–Kier alpha value is -1.37. The van der Waals surface area contributed by atoms with Crippen LogP contribution in [0.1, 0.15) is 12.8 Å². The predicted molar refractivity (Wildman–Crippen MR) is 60.7 cm³/mol. The van der Waals surface area contributed by atoms with E-state index in [4.69, 9.17) is 0 Å². The maximum Gasteiger partial charge on any atom is 0.249 e. The van der Waals surface area contributed by atoms with Crippen molar-refractivity contribution in [3.63, 3.8) is 0 Å². The molecule has 1 atom stereocenters. The summed E-state index contributed by atoms with van der Waals surface area (Å²) in [6.45, 7) is 0. The van der Waals surface area contributed by atoms with Crippen LogP contribution in [0.25, 0.3) is 0 Å². The van der Waals surface area contributed by atoms with Gasteiger partial charge in [-0.15, -0.1) is 0 Å². The average Bonchev–Trinajstić information content (AvgIpc) is 2.51. The van der Waals surface area contributed by atoms with Crippen LogP contribution in [0.3, 0.4) is 0 Å². The summed E-state index contributed by atoms with van der Waals surface area (Å²) in [7, 11) is 1.79. The highest BCUT2D eigenvalue weighted by Crippen LogP contribution is 2.17. The molecule has 6 nitrogen and oxygen atoms in total. The van der Waals surface area contributed by atoms with E-state index in [0.717, 1.165) is 4.60 Å². The molecule has 0 aromatic carbocycles. The standard InChI is InChI=1S/C9H11BrN4O2/c1-14-6(10)4-7(13-14)11-5-2-3-8(15)12-9(5)16/h4-5H,2-3H2,1H3,(H,11,13)(H,12,15,16). The molecule has 1 aromatic heterocycles. The zero-order valence-corrected chi connectivity index (χ0v) is 10.2. The third-order valence-corrected chi connectivity index (χ3v) is 3.13. The quantitative estimate of drug-likeness (QED) is 0.772. The Morgan fingerprint density at radius 1 is 1.62 bits per heavy atom. The van der Waals surface area contributed by atoms with Crippen LogP contribution < -0.4 is 10.6 Å². The van der Waals surface area contributed by atoms with Crippen LogP contribution in [0.4, 0.5) is 5.82 Å². The van der Waals surface area contributed by atoms with Crippen LogP contribution in [-0.4, -0.2) is 27.6 Å². The van der Waals surface area contributed by atoms with Crippen molar-refractivity contribution in [2.45, 2.75) is 18.9 Å². The maximum absolute atomic E-state index is 11.5. The molecular weight excluding hydrogens is 276 g/mol. The first-order chi connectivity index (χ1) is 7.56. The fourth-order valence-corrected chi connectivity index (χ4v) is 1.82. The lowest BCUT2D eigenvalue weighted by Gasteiger charge is -2.21. The van der Waals surface area contributed by atoms with Crippen LogP contribution >= 0.6 is 15.9 Å². The summed E-state index contributed by atoms with van der Waals surface area (Å²) in [4.78, 5) is 22.4. The monoisotopic (exact) mass is 286 g/mol. The molecule has 1 saturated heterocycles. The highest BCUT2D eigenvalue weighted by atomic mass is 79.9. The third-order valence-electron chi connectivity index (χ3n) is 2.38. The van der Waals surface area contributed by atoms with Gasteiger partial charge in [0.25, 0.3) is 0 Å². The second-order valence-corrected chi connectivity index (χ2v) is 4.44. The van der Waals surface area contributed by atoms with Gasteiger partial charge in [0.15, 0.2) is 0 Å². The van der Waals surface area contributed by atoms with E-state index in [1.165, 1.54) is 0 Å². The van der Waals surface area contributed by atoms with Crippen LogP contribution in [0, 0.1) is 0 Å². The molecule has 1 fully saturated rings. The van der Waals surface area contributed by atoms with E-state index in [1.807, 2.05) is 0 Å². The Morgan fingerprint density at radius 3 is 2.94 bits per heavy atom. The van der Waals surface area contributed by atoms with Gasteiger partial charge in [0.2, 0.25) is 11.8 Å². The average molecular weight is 287 g/mol. The zero-order chi connectivity index (χ0) is 11.7. The van der Waals surface area contributed by atoms with Crippen molar-refractivity contribution in [1.82, 2.24) is 15.1 Å². The minimum atomic E-state index is -0.389. The fraction of sp³-hybridized carbons (Fsp3) is 0.444. The van der Waals surface area contributed by atoms with Crippen molar-refractivity contribution in [2.75, 3.05) is 5.32 Å². The van der Waals surface area contributed by atoms with Crippen LogP contribution in [0.5, 0.6) is 0 Å². The number of rotatable bonds is 2. The summed E-state index contributed by atoms with van der Waals surface area (Å²) in [5.74, 6) is 0.104. The number of nitrogens with one attached hydrogen (secondary N) is 2. The molecule has 86 valence electrons. The van der Waals surface area contributed by atoms with Gasteiger partial charge in [0.1, 0.15) is 16.5 Å². The molecule has 7 heteroatoms. The van der Waals surface area contributed by atoms with E-state index < -0.39 is 0 Å². The predicted octanol–water partition coefficient (Wildman–Crippen LogP) is 0.400. The van der Waals surface area contributed by atoms with E-state index in [9.17, 15) is 9.59 Å². The molecule has 0 radical (unpaired) electrons. The summed E-state index contributed by atoms with van der Waals surface area (Å²) in [5, 5.41) is 9.42. The third kappa shape index (κ3) is 2.24. The smallest absolute Gasteiger partial charge is 0.249 e. The van der Waals surface area contributed by atoms with Gasteiger partial charge in [-0.05, 0) is 22.4 Å². The van der Waals surface area contributed by atoms with Gasteiger partial charge in [0.05, 0.1) is 0 Å². The van der Waals surface area contributed by atoms with Crippen molar-refractivity contribution in [3.05, 3.63) is 10.7 Å². The Labute approximate surface area is 101 Å². The van der Waals surface area contributed by atoms with Gasteiger partial charge in [-0.2, -0.15) is 5.10 Å². The first-order valence-corrected chi connectivity index (χ1v) is 5.65. The molecule has 2 rings (SSSR count). The first kappa shape index (κ1) is 11.1. The number of aryl methyl sites for hydroxylation is 1. The number of hydrogen-bond acceptors (Lipinski definition) is 4. The number of amides is 2. The Morgan fingerprint density at radius 2 is 2.38 bits per heavy atom. The minimum absolute atomic E-state index is 0.217. The van der Waals surface area contributed by atoms with Crippen molar-refractivity contribution in [1.29, 1.82) is 0 Å². The van der Waals surface area contributed by atoms with Gasteiger partial charge in [-0.25, -0.2) is 0 Å². The lowest BCUT2D eigenvalue weighted by molar-refractivity contribution is -0.133. The normalized spacial score (nSPS) is 20.8. The Bertz CT molecular complexity index is 423. The number of piperidine rings is 1. The van der Waals surface area contributed by atoms with Crippen molar-refractivity contribution in [3.8, 4) is 0 Å². The summed E-state index contributed by atoms with van der Waals surface area (Å²) in [6, 6.07) is 1.39. The first-order valence-electron chi connectivity index (χ1n) is 4.86. The second-order valence-electron chi connectivity index (χ2n) is 3.62. The molecule has 16 heavy (non-hydrogen) atoms. The minimum Gasteiger partial charge on any atom is -0.357 e. The number of imide groups is 1. The SMILES string of the molecule is Cn1nc(NC2CCC(=O)NC2=O)cc1Br. The number of carbonyl (C=O) groups excluding carboxylic acids is 2. The Kier molecular flexibility index (Phi) is 2.95. The lowest BCUT2D eigenvalue weighted by atomic mass is 10.1. The fourth-order valence-electron chi connectivity index (χ4n) is 1.52. The molecule has 2 heterocycles. The summed E-state index contributed by atoms with van der Waals surface area (Å²) < 4.78 is 2.47. The van der Waals surface area contributed by atoms with E-state index in [1.54, 1.807) is 17.8 Å². The largest absolute Gasteiger partial charge is 0.357 e. The molecule has 2 amide bonds. The number of aromatic nitrogens is 2. The molecule has 2 N–H and O–H groups in total. The van der Waals surface area contributed by atoms with E-state index in [2.05, 4.69) is 31.7 Å². The van der Waals surface area contributed by atoms with Crippen LogP contribution in [-0.2, 0) is 16.6 Å². The number of hydrogen-bond donors (Lipinski definition) is 2. The van der Waals surface area contributed by atoms with E-state index in [0.29, 0.717) is 18.7 Å². The lowest BCUT2D eigenvalue weighted by Crippen LogP contribution is -2.47. The summed E-state index contributed by atoms with van der Waals surface area (Å²) in [6.07, 6.45) is 0.857. The van der Waals surface area contributed by atoms with Crippen molar-refractivity contribution in [2.24, 2.45) is 7.05 Å². The zero-order valence-electron chi connectivity index (χ0n) is 8.66. The summed E-state index contributed by atoms with van der Waals surface area (Å²) >= 11 is 3.31. The van der Waals surface area contributed by atoms with Crippen molar-refractivity contribution < 1.29 is 9.59 Å². The molecular formula is C9H11BrN4O2. The molecule has 1 unspecified atom stereocenters. The van der Waals surface area contributed by atoms with E-state index >= 15 is 0 Å². The highest BCUT2D eigenvalue weighted by Gasteiger charge is 2.26. The number of anilines is 1. The summed E-state index contributed by atoms with van der Waals surface area (Å²) in [5.41, 5.74) is 0. The van der Waals surface area contributed by atoms with Gasteiger partial charge in [-0.1, -0.05) is 0 Å². The van der Waals surface area contributed by atoms with Gasteiger partial charge < -0.3 is 5.32 Å². The molecule has 0 spiro atoms. The van der Waals surface area contributed by atoms with Gasteiger partial charge in [-0.3, -0.25) is 19.6 Å². The molecule has 0 bridgehead atoms. The molecule has 1 aliphatic rings. The van der Waals surface area contributed by atoms with Gasteiger partial charge in [0, 0.05) is 19.5 Å². The molecule has 1 aromatic rings. The molecule has 0 aliphatic carbocycles. The van der Waals surface area contributed by atoms with Gasteiger partial charge >= 0.3 is 0 Å². The maximum atomic E-state index is 11.5. The number of carbonyl (C=O) groups is 2. The van der Waals surface area contributed by atoms with Crippen LogP contribution in [0.15, 0.2) is 10.7 Å². The van der Waals surface area contributed by atoms with E-state index in [-0.39, 0.29) is 17.9 Å². The number of halogens is 1. The highest BCUT2D eigenvalue weighted by molar-refractivity contribution is 9.10. The molecule has 0 saturated carbocycles. The second kappa shape index (κ2) is 4.25. The topological polar surface area (TPSA) is 76.0 Å².